The molecule has 1 aromatic heterocycles. The van der Waals surface area contributed by atoms with Crippen molar-refractivity contribution in [2.45, 2.75) is 16.5 Å². The summed E-state index contributed by atoms with van der Waals surface area (Å²) in [6.45, 7) is 0.332. The van der Waals surface area contributed by atoms with Crippen molar-refractivity contribution in [3.63, 3.8) is 0 Å². The highest BCUT2D eigenvalue weighted by Crippen LogP contribution is 2.32. The van der Waals surface area contributed by atoms with E-state index in [0.717, 1.165) is 21.5 Å². The molecule has 0 saturated carbocycles. The van der Waals surface area contributed by atoms with Crippen molar-refractivity contribution in [2.24, 2.45) is 5.73 Å². The lowest BCUT2D eigenvalue weighted by molar-refractivity contribution is 0.599. The summed E-state index contributed by atoms with van der Waals surface area (Å²) in [6, 6.07) is 12.7. The summed E-state index contributed by atoms with van der Waals surface area (Å²) in [5.41, 5.74) is 7.13. The van der Waals surface area contributed by atoms with Gasteiger partial charge in [-0.15, -0.1) is 0 Å². The third-order valence-electron chi connectivity index (χ3n) is 2.94. The van der Waals surface area contributed by atoms with Crippen LogP contribution < -0.4 is 5.73 Å². The second kappa shape index (κ2) is 5.56. The first-order valence-corrected chi connectivity index (χ1v) is 6.95. The van der Waals surface area contributed by atoms with Crippen molar-refractivity contribution in [3.8, 4) is 0 Å². The lowest BCUT2D eigenvalue weighted by Gasteiger charge is -2.06. The monoisotopic (exact) mass is 285 g/mol. The zero-order chi connectivity index (χ0) is 13.9. The van der Waals surface area contributed by atoms with Crippen LogP contribution >= 0.6 is 11.8 Å². The Balaban J connectivity index is 2.01. The number of hydrogen-bond acceptors (Lipinski definition) is 4. The number of benzene rings is 2. The number of aromatic nitrogens is 2. The number of rotatable bonds is 3. The molecule has 3 rings (SSSR count). The van der Waals surface area contributed by atoms with E-state index in [1.807, 2.05) is 30.3 Å². The molecule has 0 spiro atoms. The highest BCUT2D eigenvalue weighted by molar-refractivity contribution is 7.99. The molecular formula is C15H12FN3S. The average molecular weight is 285 g/mol. The van der Waals surface area contributed by atoms with E-state index < -0.39 is 0 Å². The molecule has 0 aliphatic heterocycles. The molecule has 0 aliphatic rings. The van der Waals surface area contributed by atoms with Crippen LogP contribution in [0.2, 0.25) is 0 Å². The topological polar surface area (TPSA) is 51.8 Å². The highest BCUT2D eigenvalue weighted by atomic mass is 32.2. The maximum atomic E-state index is 14.0. The largest absolute Gasteiger partial charge is 0.326 e. The van der Waals surface area contributed by atoms with Gasteiger partial charge in [-0.1, -0.05) is 36.0 Å². The Hall–Kier alpha value is -1.98. The van der Waals surface area contributed by atoms with E-state index in [1.54, 1.807) is 6.07 Å². The van der Waals surface area contributed by atoms with Crippen LogP contribution in [0.5, 0.6) is 0 Å². The molecule has 0 radical (unpaired) electrons. The van der Waals surface area contributed by atoms with Crippen LogP contribution in [0.1, 0.15) is 5.56 Å². The molecule has 20 heavy (non-hydrogen) atoms. The van der Waals surface area contributed by atoms with Gasteiger partial charge in [-0.3, -0.25) is 0 Å². The van der Waals surface area contributed by atoms with Crippen molar-refractivity contribution >= 4 is 22.7 Å². The van der Waals surface area contributed by atoms with E-state index in [0.29, 0.717) is 11.4 Å². The van der Waals surface area contributed by atoms with Gasteiger partial charge in [0, 0.05) is 16.8 Å². The second-order valence-corrected chi connectivity index (χ2v) is 5.30. The third-order valence-corrected chi connectivity index (χ3v) is 4.01. The molecule has 3 aromatic rings. The van der Waals surface area contributed by atoms with Gasteiger partial charge in [-0.2, -0.15) is 0 Å². The molecule has 5 heteroatoms. The van der Waals surface area contributed by atoms with Gasteiger partial charge in [-0.05, 0) is 23.8 Å². The third kappa shape index (κ3) is 2.50. The van der Waals surface area contributed by atoms with Gasteiger partial charge >= 0.3 is 0 Å². The molecule has 0 unspecified atom stereocenters. The fourth-order valence-corrected chi connectivity index (χ4v) is 2.80. The zero-order valence-corrected chi connectivity index (χ0v) is 11.4. The number of halogens is 1. The molecule has 0 amide bonds. The lowest BCUT2D eigenvalue weighted by Crippen LogP contribution is -1.97. The van der Waals surface area contributed by atoms with Gasteiger partial charge in [0.15, 0.2) is 0 Å². The van der Waals surface area contributed by atoms with Gasteiger partial charge in [0.25, 0.3) is 0 Å². The smallest absolute Gasteiger partial charge is 0.137 e. The van der Waals surface area contributed by atoms with E-state index in [-0.39, 0.29) is 5.82 Å². The molecule has 100 valence electrons. The Bertz CT molecular complexity index is 756. The Labute approximate surface area is 120 Å². The maximum Gasteiger partial charge on any atom is 0.137 e. The van der Waals surface area contributed by atoms with Crippen molar-refractivity contribution < 1.29 is 4.39 Å². The van der Waals surface area contributed by atoms with Gasteiger partial charge in [0.1, 0.15) is 17.2 Å². The lowest BCUT2D eigenvalue weighted by atomic mass is 10.2. The summed E-state index contributed by atoms with van der Waals surface area (Å²) < 4.78 is 14.0. The van der Waals surface area contributed by atoms with E-state index in [4.69, 9.17) is 5.73 Å². The van der Waals surface area contributed by atoms with Gasteiger partial charge in [0.2, 0.25) is 0 Å². The minimum atomic E-state index is -0.277. The predicted octanol–water partition coefficient (Wildman–Crippen LogP) is 3.38. The van der Waals surface area contributed by atoms with E-state index in [1.165, 1.54) is 24.2 Å². The van der Waals surface area contributed by atoms with Crippen LogP contribution in [0, 0.1) is 5.82 Å². The Morgan fingerprint density at radius 1 is 1.10 bits per heavy atom. The summed E-state index contributed by atoms with van der Waals surface area (Å²) in [6.07, 6.45) is 1.50. The molecule has 0 atom stereocenters. The quantitative estimate of drug-likeness (QED) is 0.750. The first-order chi connectivity index (χ1) is 9.78. The first kappa shape index (κ1) is 13.0. The fraction of sp³-hybridized carbons (Fsp3) is 0.0667. The SMILES string of the molecule is NCc1ccc(Sc2ncnc3ccccc23)c(F)c1. The summed E-state index contributed by atoms with van der Waals surface area (Å²) in [4.78, 5) is 8.98. The van der Waals surface area contributed by atoms with Crippen molar-refractivity contribution in [1.29, 1.82) is 0 Å². The fourth-order valence-electron chi connectivity index (χ4n) is 1.92. The zero-order valence-electron chi connectivity index (χ0n) is 10.6. The summed E-state index contributed by atoms with van der Waals surface area (Å²) in [7, 11) is 0. The second-order valence-electron chi connectivity index (χ2n) is 4.27. The number of fused-ring (bicyclic) bond motifs is 1. The molecule has 2 aromatic carbocycles. The number of hydrogen-bond donors (Lipinski definition) is 1. The predicted molar refractivity (Wildman–Crippen MR) is 78.0 cm³/mol. The Kier molecular flexibility index (Phi) is 3.62. The maximum absolute atomic E-state index is 14.0. The van der Waals surface area contributed by atoms with Crippen LogP contribution in [-0.4, -0.2) is 9.97 Å². The van der Waals surface area contributed by atoms with Crippen LogP contribution in [0.3, 0.4) is 0 Å². The highest BCUT2D eigenvalue weighted by Gasteiger charge is 2.09. The van der Waals surface area contributed by atoms with Gasteiger partial charge < -0.3 is 5.73 Å². The molecule has 0 fully saturated rings. The van der Waals surface area contributed by atoms with Gasteiger partial charge in [0.05, 0.1) is 5.52 Å². The number of para-hydroxylation sites is 1. The number of nitrogens with zero attached hydrogens (tertiary/aromatic N) is 2. The molecule has 0 saturated heterocycles. The normalized spacial score (nSPS) is 10.9. The molecule has 2 N–H and O–H groups in total. The van der Waals surface area contributed by atoms with Crippen LogP contribution in [-0.2, 0) is 6.54 Å². The van der Waals surface area contributed by atoms with Crippen LogP contribution in [0.15, 0.2) is 58.7 Å². The standard InChI is InChI=1S/C15H12FN3S/c16-12-7-10(8-17)5-6-14(12)20-15-11-3-1-2-4-13(11)18-9-19-15/h1-7,9H,8,17H2. The van der Waals surface area contributed by atoms with Crippen LogP contribution in [0.4, 0.5) is 4.39 Å². The number of nitrogens with two attached hydrogens (primary N) is 1. The summed E-state index contributed by atoms with van der Waals surface area (Å²) in [5.74, 6) is -0.277. The minimum Gasteiger partial charge on any atom is -0.326 e. The van der Waals surface area contributed by atoms with Crippen molar-refractivity contribution in [3.05, 3.63) is 60.2 Å². The molecule has 1 heterocycles. The average Bonchev–Trinajstić information content (AvgIpc) is 2.49. The Morgan fingerprint density at radius 2 is 1.95 bits per heavy atom. The van der Waals surface area contributed by atoms with E-state index in [2.05, 4.69) is 9.97 Å². The Morgan fingerprint density at radius 3 is 2.75 bits per heavy atom. The molecule has 3 nitrogen and oxygen atoms in total. The van der Waals surface area contributed by atoms with Crippen LogP contribution in [0.25, 0.3) is 10.9 Å². The molecular weight excluding hydrogens is 273 g/mol. The van der Waals surface area contributed by atoms with Crippen molar-refractivity contribution in [2.75, 3.05) is 0 Å². The van der Waals surface area contributed by atoms with E-state index in [9.17, 15) is 4.39 Å². The molecule has 0 aliphatic carbocycles. The summed E-state index contributed by atoms with van der Waals surface area (Å²) >= 11 is 1.30. The van der Waals surface area contributed by atoms with Crippen molar-refractivity contribution in [1.82, 2.24) is 9.97 Å². The first-order valence-electron chi connectivity index (χ1n) is 6.14. The van der Waals surface area contributed by atoms with Gasteiger partial charge in [-0.25, -0.2) is 14.4 Å². The minimum absolute atomic E-state index is 0.277. The van der Waals surface area contributed by atoms with E-state index >= 15 is 0 Å². The summed E-state index contributed by atoms with van der Waals surface area (Å²) in [5, 5.41) is 1.66. The molecule has 0 bridgehead atoms.